The molecule has 1 fully saturated rings. The van der Waals surface area contributed by atoms with Gasteiger partial charge in [-0.1, -0.05) is 32.9 Å². The summed E-state index contributed by atoms with van der Waals surface area (Å²) < 4.78 is 0. The molecule has 1 saturated heterocycles. The molecule has 1 N–H and O–H groups in total. The van der Waals surface area contributed by atoms with Crippen LogP contribution >= 0.6 is 0 Å². The maximum absolute atomic E-state index is 3.67. The Balaban J connectivity index is 1.94. The summed E-state index contributed by atoms with van der Waals surface area (Å²) in [6.45, 7) is 15.8. The van der Waals surface area contributed by atoms with E-state index < -0.39 is 0 Å². The second-order valence-electron chi connectivity index (χ2n) is 8.40. The molecule has 0 aliphatic carbocycles. The van der Waals surface area contributed by atoms with Gasteiger partial charge in [-0.25, -0.2) is 0 Å². The largest absolute Gasteiger partial charge is 0.368 e. The molecule has 0 saturated carbocycles. The molecule has 1 heterocycles. The Kier molecular flexibility index (Phi) is 4.15. The Morgan fingerprint density at radius 3 is 2.30 bits per heavy atom. The van der Waals surface area contributed by atoms with Crippen LogP contribution < -0.4 is 10.2 Å². The third-order valence-electron chi connectivity index (χ3n) is 3.53. The molecule has 1 aromatic carbocycles. The van der Waals surface area contributed by atoms with E-state index in [0.717, 1.165) is 19.5 Å². The monoisotopic (exact) mass is 274 g/mol. The molecule has 2 heteroatoms. The van der Waals surface area contributed by atoms with Crippen LogP contribution in [0.1, 0.15) is 47.1 Å². The number of nitrogens with zero attached hydrogens (tertiary/aromatic N) is 1. The van der Waals surface area contributed by atoms with Crippen LogP contribution in [-0.4, -0.2) is 24.7 Å². The maximum atomic E-state index is 3.67. The van der Waals surface area contributed by atoms with Gasteiger partial charge in [0.1, 0.15) is 0 Å². The summed E-state index contributed by atoms with van der Waals surface area (Å²) in [5.41, 5.74) is 3.38. The van der Waals surface area contributed by atoms with Crippen molar-refractivity contribution in [3.8, 4) is 0 Å². The summed E-state index contributed by atoms with van der Waals surface area (Å²) >= 11 is 0. The van der Waals surface area contributed by atoms with Crippen LogP contribution in [0.25, 0.3) is 0 Å². The van der Waals surface area contributed by atoms with Gasteiger partial charge in [-0.05, 0) is 50.3 Å². The van der Waals surface area contributed by atoms with Crippen molar-refractivity contribution in [1.82, 2.24) is 5.32 Å². The molecule has 112 valence electrons. The highest BCUT2D eigenvalue weighted by atomic mass is 15.3. The lowest BCUT2D eigenvalue weighted by atomic mass is 9.88. The maximum Gasteiger partial charge on any atom is 0.0424 e. The van der Waals surface area contributed by atoms with Crippen LogP contribution in [0.4, 0.5) is 5.69 Å². The van der Waals surface area contributed by atoms with Crippen LogP contribution in [0, 0.1) is 5.41 Å². The first-order valence-corrected chi connectivity index (χ1v) is 7.74. The van der Waals surface area contributed by atoms with E-state index in [0.29, 0.717) is 11.5 Å². The third-order valence-corrected chi connectivity index (χ3v) is 3.53. The van der Waals surface area contributed by atoms with Crippen molar-refractivity contribution in [3.05, 3.63) is 29.8 Å². The average Bonchev–Trinajstić information content (AvgIpc) is 2.19. The number of rotatable bonds is 3. The minimum Gasteiger partial charge on any atom is -0.368 e. The minimum atomic E-state index is 0.213. The van der Waals surface area contributed by atoms with Crippen LogP contribution in [0.15, 0.2) is 24.3 Å². The summed E-state index contributed by atoms with van der Waals surface area (Å²) in [6.07, 6.45) is 1.14. The molecular formula is C18H30N2. The van der Waals surface area contributed by atoms with Crippen molar-refractivity contribution in [1.29, 1.82) is 0 Å². The van der Waals surface area contributed by atoms with Crippen molar-refractivity contribution in [3.63, 3.8) is 0 Å². The van der Waals surface area contributed by atoms with Crippen molar-refractivity contribution < 1.29 is 0 Å². The van der Waals surface area contributed by atoms with Gasteiger partial charge in [-0.3, -0.25) is 0 Å². The molecule has 2 nitrogen and oxygen atoms in total. The fraction of sp³-hybridized carbons (Fsp3) is 0.667. The molecule has 0 amide bonds. The van der Waals surface area contributed by atoms with Crippen molar-refractivity contribution >= 4 is 5.69 Å². The minimum absolute atomic E-state index is 0.213. The SMILES string of the molecule is CC(C)(C)Cc1cccc(N2CC(NC(C)(C)C)C2)c1. The van der Waals surface area contributed by atoms with Crippen LogP contribution in [0.5, 0.6) is 0 Å². The third kappa shape index (κ3) is 4.52. The number of hydrogen-bond acceptors (Lipinski definition) is 2. The van der Waals surface area contributed by atoms with E-state index in [1.165, 1.54) is 11.3 Å². The molecule has 1 aliphatic rings. The summed E-state index contributed by atoms with van der Waals surface area (Å²) in [5, 5.41) is 3.67. The fourth-order valence-electron chi connectivity index (χ4n) is 2.87. The summed E-state index contributed by atoms with van der Waals surface area (Å²) in [6, 6.07) is 9.67. The van der Waals surface area contributed by atoms with Crippen LogP contribution in [0.3, 0.4) is 0 Å². The lowest BCUT2D eigenvalue weighted by Gasteiger charge is -2.44. The lowest BCUT2D eigenvalue weighted by Crippen LogP contribution is -2.62. The molecule has 1 aromatic rings. The summed E-state index contributed by atoms with van der Waals surface area (Å²) in [5.74, 6) is 0. The molecular weight excluding hydrogens is 244 g/mol. The van der Waals surface area contributed by atoms with E-state index in [1.807, 2.05) is 0 Å². The van der Waals surface area contributed by atoms with Gasteiger partial charge in [0.15, 0.2) is 0 Å². The highest BCUT2D eigenvalue weighted by Gasteiger charge is 2.29. The molecule has 20 heavy (non-hydrogen) atoms. The fourth-order valence-corrected chi connectivity index (χ4v) is 2.87. The van der Waals surface area contributed by atoms with E-state index in [4.69, 9.17) is 0 Å². The van der Waals surface area contributed by atoms with Crippen LogP contribution in [0.2, 0.25) is 0 Å². The van der Waals surface area contributed by atoms with E-state index in [9.17, 15) is 0 Å². The van der Waals surface area contributed by atoms with Gasteiger partial charge in [-0.2, -0.15) is 0 Å². The lowest BCUT2D eigenvalue weighted by molar-refractivity contribution is 0.316. The Morgan fingerprint density at radius 2 is 1.75 bits per heavy atom. The molecule has 2 rings (SSSR count). The molecule has 1 aliphatic heterocycles. The summed E-state index contributed by atoms with van der Waals surface area (Å²) in [4.78, 5) is 2.47. The van der Waals surface area contributed by atoms with Crippen molar-refractivity contribution in [2.45, 2.75) is 59.5 Å². The zero-order chi connectivity index (χ0) is 15.0. The molecule has 0 bridgehead atoms. The number of hydrogen-bond donors (Lipinski definition) is 1. The smallest absolute Gasteiger partial charge is 0.0424 e. The van der Waals surface area contributed by atoms with Crippen molar-refractivity contribution in [2.24, 2.45) is 5.41 Å². The first-order chi connectivity index (χ1) is 9.12. The van der Waals surface area contributed by atoms with Gasteiger partial charge in [0.2, 0.25) is 0 Å². The molecule has 0 unspecified atom stereocenters. The van der Waals surface area contributed by atoms with Gasteiger partial charge in [-0.15, -0.1) is 0 Å². The Hall–Kier alpha value is -1.02. The first-order valence-electron chi connectivity index (χ1n) is 7.74. The standard InChI is InChI=1S/C18H30N2/c1-17(2,3)11-14-8-7-9-16(10-14)20-12-15(13-20)19-18(4,5)6/h7-10,15,19H,11-13H2,1-6H3. The molecule has 0 spiro atoms. The predicted octanol–water partition coefficient (Wildman–Crippen LogP) is 3.85. The highest BCUT2D eigenvalue weighted by molar-refractivity contribution is 5.51. The molecule has 0 atom stereocenters. The van der Waals surface area contributed by atoms with Gasteiger partial charge < -0.3 is 10.2 Å². The van der Waals surface area contributed by atoms with E-state index in [2.05, 4.69) is 76.0 Å². The zero-order valence-corrected chi connectivity index (χ0v) is 14.0. The average molecular weight is 274 g/mol. The van der Waals surface area contributed by atoms with Crippen LogP contribution in [-0.2, 0) is 6.42 Å². The zero-order valence-electron chi connectivity index (χ0n) is 14.0. The number of nitrogens with one attached hydrogen (secondary N) is 1. The second-order valence-corrected chi connectivity index (χ2v) is 8.40. The normalized spacial score (nSPS) is 17.2. The number of anilines is 1. The van der Waals surface area contributed by atoms with Crippen molar-refractivity contribution in [2.75, 3.05) is 18.0 Å². The topological polar surface area (TPSA) is 15.3 Å². The summed E-state index contributed by atoms with van der Waals surface area (Å²) in [7, 11) is 0. The molecule has 0 radical (unpaired) electrons. The molecule has 0 aromatic heterocycles. The quantitative estimate of drug-likeness (QED) is 0.900. The first kappa shape index (κ1) is 15.4. The predicted molar refractivity (Wildman–Crippen MR) is 88.5 cm³/mol. The Morgan fingerprint density at radius 1 is 1.10 bits per heavy atom. The Bertz CT molecular complexity index is 445. The Labute approximate surface area is 124 Å². The second kappa shape index (κ2) is 5.40. The highest BCUT2D eigenvalue weighted by Crippen LogP contribution is 2.26. The van der Waals surface area contributed by atoms with Gasteiger partial charge in [0, 0.05) is 30.4 Å². The van der Waals surface area contributed by atoms with E-state index >= 15 is 0 Å². The number of benzene rings is 1. The van der Waals surface area contributed by atoms with E-state index in [1.54, 1.807) is 0 Å². The van der Waals surface area contributed by atoms with Gasteiger partial charge in [0.25, 0.3) is 0 Å². The van der Waals surface area contributed by atoms with Gasteiger partial charge >= 0.3 is 0 Å². The van der Waals surface area contributed by atoms with E-state index in [-0.39, 0.29) is 5.54 Å². The van der Waals surface area contributed by atoms with Gasteiger partial charge in [0.05, 0.1) is 0 Å².